The normalized spacial score (nSPS) is 46.5. The van der Waals surface area contributed by atoms with E-state index in [0.717, 1.165) is 57.8 Å². The maximum absolute atomic E-state index is 11.2. The fourth-order valence-electron chi connectivity index (χ4n) is 5.30. The highest BCUT2D eigenvalue weighted by molar-refractivity contribution is 5.20. The van der Waals surface area contributed by atoms with E-state index in [9.17, 15) is 10.4 Å². The second-order valence-electron chi connectivity index (χ2n) is 8.43. The highest BCUT2D eigenvalue weighted by Crippen LogP contribution is 2.50. The third-order valence-electron chi connectivity index (χ3n) is 6.69. The Morgan fingerprint density at radius 2 is 1.46 bits per heavy atom. The smallest absolute Gasteiger partial charge is 0.211 e. The van der Waals surface area contributed by atoms with E-state index in [-0.39, 0.29) is 0 Å². The quantitative estimate of drug-likeness (QED) is 0.712. The predicted octanol–water partition coefficient (Wildman–Crippen LogP) is 2.12. The van der Waals surface area contributed by atoms with Crippen LogP contribution in [0.1, 0.15) is 64.2 Å². The third kappa shape index (κ3) is 2.55. The summed E-state index contributed by atoms with van der Waals surface area (Å²) in [6.45, 7) is 0.319. The van der Waals surface area contributed by atoms with E-state index in [0.29, 0.717) is 6.61 Å². The second kappa shape index (κ2) is 6.13. The van der Waals surface area contributed by atoms with Gasteiger partial charge in [-0.2, -0.15) is 5.26 Å². The maximum Gasteiger partial charge on any atom is 0.211 e. The number of ether oxygens (including phenoxy) is 5. The van der Waals surface area contributed by atoms with Gasteiger partial charge in [0.25, 0.3) is 0 Å². The Morgan fingerprint density at radius 3 is 2.12 bits per heavy atom. The van der Waals surface area contributed by atoms with Crippen LogP contribution in [0.4, 0.5) is 0 Å². The zero-order chi connectivity index (χ0) is 17.8. The highest BCUT2D eigenvalue weighted by atomic mass is 16.8. The Hall–Kier alpha value is -0.750. The fraction of sp³-hybridized carbons (Fsp3) is 0.947. The maximum atomic E-state index is 11.2. The molecule has 0 radical (unpaired) electrons. The number of nitrogens with zero attached hydrogens (tertiary/aromatic N) is 1. The SMILES string of the molecule is N#C[C@@]1(O)C(C2COC3(CCCCC3)O2)OC2OC3(CCCCC3)OC21. The number of hydrogen-bond acceptors (Lipinski definition) is 7. The molecular weight excluding hydrogens is 338 g/mol. The van der Waals surface area contributed by atoms with E-state index in [1.54, 1.807) is 0 Å². The summed E-state index contributed by atoms with van der Waals surface area (Å²) in [5.74, 6) is -1.28. The van der Waals surface area contributed by atoms with Crippen LogP contribution in [0.15, 0.2) is 0 Å². The zero-order valence-electron chi connectivity index (χ0n) is 15.0. The molecule has 3 aliphatic heterocycles. The fourth-order valence-corrected chi connectivity index (χ4v) is 5.30. The predicted molar refractivity (Wildman–Crippen MR) is 87.6 cm³/mol. The van der Waals surface area contributed by atoms with Crippen LogP contribution in [0.25, 0.3) is 0 Å². The van der Waals surface area contributed by atoms with Gasteiger partial charge in [0.05, 0.1) is 6.61 Å². The summed E-state index contributed by atoms with van der Waals surface area (Å²) in [7, 11) is 0. The van der Waals surface area contributed by atoms with Gasteiger partial charge in [0.2, 0.25) is 5.60 Å². The van der Waals surface area contributed by atoms with Gasteiger partial charge in [0.1, 0.15) is 18.3 Å². The van der Waals surface area contributed by atoms with Crippen LogP contribution < -0.4 is 0 Å². The van der Waals surface area contributed by atoms with Gasteiger partial charge in [-0.25, -0.2) is 0 Å². The minimum Gasteiger partial charge on any atom is -0.371 e. The summed E-state index contributed by atoms with van der Waals surface area (Å²) in [6, 6.07) is 2.04. The van der Waals surface area contributed by atoms with Crippen molar-refractivity contribution < 1.29 is 28.8 Å². The Kier molecular flexibility index (Phi) is 4.09. The molecule has 1 N–H and O–H groups in total. The summed E-state index contributed by atoms with van der Waals surface area (Å²) in [4.78, 5) is 0. The second-order valence-corrected chi connectivity index (χ2v) is 8.43. The molecule has 0 aromatic heterocycles. The van der Waals surface area contributed by atoms with E-state index < -0.39 is 41.8 Å². The number of fused-ring (bicyclic) bond motifs is 1. The first-order chi connectivity index (χ1) is 12.6. The summed E-state index contributed by atoms with van der Waals surface area (Å²) in [5.41, 5.74) is -1.79. The molecule has 5 rings (SSSR count). The van der Waals surface area contributed by atoms with Crippen LogP contribution >= 0.6 is 0 Å². The van der Waals surface area contributed by atoms with Gasteiger partial charge in [-0.05, 0) is 25.7 Å². The zero-order valence-corrected chi connectivity index (χ0v) is 15.0. The number of aliphatic hydroxyl groups is 1. The molecule has 5 aliphatic rings. The van der Waals surface area contributed by atoms with E-state index in [1.807, 2.05) is 6.07 Å². The van der Waals surface area contributed by atoms with Crippen molar-refractivity contribution in [2.24, 2.45) is 0 Å². The molecule has 0 aromatic rings. The molecule has 7 nitrogen and oxygen atoms in total. The average Bonchev–Trinajstić information content (AvgIpc) is 3.29. The van der Waals surface area contributed by atoms with Gasteiger partial charge < -0.3 is 28.8 Å². The molecular formula is C19H27NO6. The summed E-state index contributed by atoms with van der Waals surface area (Å²) in [6.07, 6.45) is 6.95. The molecule has 2 saturated carbocycles. The Labute approximate surface area is 153 Å². The van der Waals surface area contributed by atoms with Crippen LogP contribution in [0.3, 0.4) is 0 Å². The van der Waals surface area contributed by atoms with E-state index in [2.05, 4.69) is 0 Å². The molecule has 2 spiro atoms. The lowest BCUT2D eigenvalue weighted by Crippen LogP contribution is -2.53. The lowest BCUT2D eigenvalue weighted by Gasteiger charge is -2.36. The van der Waals surface area contributed by atoms with Crippen molar-refractivity contribution in [1.82, 2.24) is 0 Å². The molecule has 144 valence electrons. The summed E-state index contributed by atoms with van der Waals surface area (Å²) in [5, 5.41) is 20.9. The van der Waals surface area contributed by atoms with Crippen molar-refractivity contribution in [2.75, 3.05) is 6.61 Å². The van der Waals surface area contributed by atoms with Gasteiger partial charge in [0, 0.05) is 25.7 Å². The summed E-state index contributed by atoms with van der Waals surface area (Å²) >= 11 is 0. The average molecular weight is 365 g/mol. The lowest BCUT2D eigenvalue weighted by molar-refractivity contribution is -0.266. The van der Waals surface area contributed by atoms with Crippen molar-refractivity contribution >= 4 is 0 Å². The largest absolute Gasteiger partial charge is 0.371 e. The van der Waals surface area contributed by atoms with Crippen molar-refractivity contribution in [3.63, 3.8) is 0 Å². The minimum absolute atomic E-state index is 0.319. The molecule has 0 amide bonds. The number of rotatable bonds is 1. The Morgan fingerprint density at radius 1 is 0.808 bits per heavy atom. The van der Waals surface area contributed by atoms with Gasteiger partial charge in [-0.15, -0.1) is 0 Å². The van der Waals surface area contributed by atoms with Crippen molar-refractivity contribution in [3.05, 3.63) is 0 Å². The van der Waals surface area contributed by atoms with Gasteiger partial charge in [-0.1, -0.05) is 12.8 Å². The first-order valence-corrected chi connectivity index (χ1v) is 10.0. The molecule has 0 bridgehead atoms. The Balaban J connectivity index is 1.33. The molecule has 3 saturated heterocycles. The van der Waals surface area contributed by atoms with Gasteiger partial charge in [0.15, 0.2) is 24.0 Å². The van der Waals surface area contributed by atoms with Crippen molar-refractivity contribution in [2.45, 2.75) is 106 Å². The standard InChI is InChI=1S/C19H27NO6/c20-12-19(21)14(13-11-22-17(24-13)7-3-1-4-8-17)23-16-15(19)25-18(26-16)9-5-2-6-10-18/h13-16,21H,1-11H2/t13?,14?,15?,16?,19-/m1/s1. The molecule has 0 aromatic carbocycles. The molecule has 7 heteroatoms. The summed E-state index contributed by atoms with van der Waals surface area (Å²) < 4.78 is 30.4. The third-order valence-corrected chi connectivity index (χ3v) is 6.69. The van der Waals surface area contributed by atoms with E-state index in [4.69, 9.17) is 23.7 Å². The Bertz CT molecular complexity index is 593. The van der Waals surface area contributed by atoms with Crippen LogP contribution in [0.2, 0.25) is 0 Å². The van der Waals surface area contributed by atoms with Crippen molar-refractivity contribution in [1.29, 1.82) is 5.26 Å². The molecule has 5 fully saturated rings. The first-order valence-electron chi connectivity index (χ1n) is 10.0. The molecule has 5 atom stereocenters. The highest BCUT2D eigenvalue weighted by Gasteiger charge is 2.68. The van der Waals surface area contributed by atoms with Crippen LogP contribution in [0, 0.1) is 11.3 Å². The van der Waals surface area contributed by atoms with Crippen LogP contribution in [-0.4, -0.2) is 53.5 Å². The number of nitriles is 1. The first kappa shape index (κ1) is 17.4. The molecule has 26 heavy (non-hydrogen) atoms. The van der Waals surface area contributed by atoms with Gasteiger partial charge >= 0.3 is 0 Å². The van der Waals surface area contributed by atoms with E-state index >= 15 is 0 Å². The lowest BCUT2D eigenvalue weighted by atomic mass is 9.90. The number of hydrogen-bond donors (Lipinski definition) is 1. The molecule has 2 aliphatic carbocycles. The molecule has 4 unspecified atom stereocenters. The topological polar surface area (TPSA) is 90.2 Å². The van der Waals surface area contributed by atoms with Crippen molar-refractivity contribution in [3.8, 4) is 6.07 Å². The molecule has 3 heterocycles. The monoisotopic (exact) mass is 365 g/mol. The minimum atomic E-state index is -1.79. The van der Waals surface area contributed by atoms with Crippen LogP contribution in [-0.2, 0) is 23.7 Å². The van der Waals surface area contributed by atoms with E-state index in [1.165, 1.54) is 6.42 Å². The van der Waals surface area contributed by atoms with Crippen LogP contribution in [0.5, 0.6) is 0 Å². The van der Waals surface area contributed by atoms with Gasteiger partial charge in [-0.3, -0.25) is 0 Å².